The zero-order valence-corrected chi connectivity index (χ0v) is 13.6. The zero-order chi connectivity index (χ0) is 16.0. The van der Waals surface area contributed by atoms with E-state index in [9.17, 15) is 8.42 Å². The monoisotopic (exact) mass is 323 g/mol. The average molecular weight is 323 g/mol. The minimum Gasteiger partial charge on any atom is -0.383 e. The molecule has 0 atom stereocenters. The van der Waals surface area contributed by atoms with E-state index in [0.29, 0.717) is 37.1 Å². The number of methoxy groups -OCH3 is 1. The molecule has 1 aromatic carbocycles. The van der Waals surface area contributed by atoms with Crippen LogP contribution in [0.1, 0.15) is 5.56 Å². The van der Waals surface area contributed by atoms with E-state index >= 15 is 0 Å². The molecule has 2 N–H and O–H groups in total. The van der Waals surface area contributed by atoms with Gasteiger partial charge in [-0.2, -0.15) is 0 Å². The van der Waals surface area contributed by atoms with Crippen molar-refractivity contribution in [3.05, 3.63) is 36.0 Å². The second-order valence-corrected chi connectivity index (χ2v) is 6.66. The van der Waals surface area contributed by atoms with E-state index in [0.717, 1.165) is 5.56 Å². The summed E-state index contributed by atoms with van der Waals surface area (Å²) < 4.78 is 32.4. The molecule has 1 aromatic heterocycles. The van der Waals surface area contributed by atoms with Gasteiger partial charge in [-0.3, -0.25) is 4.98 Å². The Bertz CT molecular complexity index is 732. The first-order chi connectivity index (χ1) is 10.6. The Labute approximate surface area is 130 Å². The summed E-state index contributed by atoms with van der Waals surface area (Å²) in [5.41, 5.74) is 1.67. The summed E-state index contributed by atoms with van der Waals surface area (Å²) in [5.74, 6) is 0. The second kappa shape index (κ2) is 7.64. The van der Waals surface area contributed by atoms with Gasteiger partial charge in [0.15, 0.2) is 0 Å². The van der Waals surface area contributed by atoms with Crippen molar-refractivity contribution in [3.63, 3.8) is 0 Å². The molecule has 0 unspecified atom stereocenters. The van der Waals surface area contributed by atoms with Gasteiger partial charge in [0.25, 0.3) is 0 Å². The van der Waals surface area contributed by atoms with E-state index in [2.05, 4.69) is 15.0 Å². The molecule has 0 saturated carbocycles. The van der Waals surface area contributed by atoms with Gasteiger partial charge < -0.3 is 10.1 Å². The molecule has 0 spiro atoms. The van der Waals surface area contributed by atoms with Crippen LogP contribution in [0.25, 0.3) is 10.9 Å². The number of nitrogens with one attached hydrogen (secondary N) is 2. The fourth-order valence-corrected chi connectivity index (χ4v) is 3.40. The number of rotatable bonds is 8. The van der Waals surface area contributed by atoms with Gasteiger partial charge in [0.2, 0.25) is 10.0 Å². The summed E-state index contributed by atoms with van der Waals surface area (Å²) in [4.78, 5) is 4.53. The highest BCUT2D eigenvalue weighted by Gasteiger charge is 2.17. The summed E-state index contributed by atoms with van der Waals surface area (Å²) >= 11 is 0. The molecule has 0 aliphatic heterocycles. The Morgan fingerprint density at radius 3 is 2.77 bits per heavy atom. The average Bonchev–Trinajstić information content (AvgIpc) is 2.51. The maximum Gasteiger partial charge on any atom is 0.241 e. The minimum absolute atomic E-state index is 0.262. The van der Waals surface area contributed by atoms with E-state index < -0.39 is 10.0 Å². The first-order valence-electron chi connectivity index (χ1n) is 7.10. The normalized spacial score (nSPS) is 11.9. The molecular formula is C15H21N3O3S. The van der Waals surface area contributed by atoms with Crippen LogP contribution < -0.4 is 10.0 Å². The van der Waals surface area contributed by atoms with Crippen molar-refractivity contribution in [3.8, 4) is 0 Å². The molecule has 0 bridgehead atoms. The molecular weight excluding hydrogens is 302 g/mol. The largest absolute Gasteiger partial charge is 0.383 e. The summed E-state index contributed by atoms with van der Waals surface area (Å²) in [6.07, 6.45) is 1.67. The highest BCUT2D eigenvalue weighted by Crippen LogP contribution is 2.23. The number of aryl methyl sites for hydroxylation is 1. The number of sulfonamides is 1. The van der Waals surface area contributed by atoms with Crippen molar-refractivity contribution in [1.82, 2.24) is 15.0 Å². The Kier molecular flexibility index (Phi) is 5.84. The summed E-state index contributed by atoms with van der Waals surface area (Å²) in [6, 6.07) is 6.93. The molecule has 1 heterocycles. The molecule has 0 aliphatic carbocycles. The maximum atomic E-state index is 12.5. The van der Waals surface area contributed by atoms with E-state index in [-0.39, 0.29) is 4.90 Å². The van der Waals surface area contributed by atoms with Crippen molar-refractivity contribution >= 4 is 20.9 Å². The van der Waals surface area contributed by atoms with Gasteiger partial charge in [-0.05, 0) is 30.7 Å². The molecule has 120 valence electrons. The number of nitrogens with zero attached hydrogens (tertiary/aromatic N) is 1. The van der Waals surface area contributed by atoms with Crippen LogP contribution in [-0.2, 0) is 14.8 Å². The van der Waals surface area contributed by atoms with E-state index in [1.165, 1.54) is 0 Å². The van der Waals surface area contributed by atoms with Crippen LogP contribution in [0.4, 0.5) is 0 Å². The third-order valence-corrected chi connectivity index (χ3v) is 4.82. The Morgan fingerprint density at radius 1 is 1.18 bits per heavy atom. The number of fused-ring (bicyclic) bond motifs is 1. The third kappa shape index (κ3) is 4.01. The minimum atomic E-state index is -3.56. The number of pyridine rings is 1. The maximum absolute atomic E-state index is 12.5. The van der Waals surface area contributed by atoms with Gasteiger partial charge in [0.05, 0.1) is 17.0 Å². The Morgan fingerprint density at radius 2 is 2.00 bits per heavy atom. The Hall–Kier alpha value is -1.54. The summed E-state index contributed by atoms with van der Waals surface area (Å²) in [7, 11) is -1.93. The van der Waals surface area contributed by atoms with Crippen LogP contribution in [0.3, 0.4) is 0 Å². The second-order valence-electron chi connectivity index (χ2n) is 4.92. The number of ether oxygens (including phenoxy) is 1. The van der Waals surface area contributed by atoms with Crippen LogP contribution in [0.5, 0.6) is 0 Å². The van der Waals surface area contributed by atoms with Gasteiger partial charge in [0, 0.05) is 38.3 Å². The van der Waals surface area contributed by atoms with Crippen LogP contribution in [0.15, 0.2) is 35.4 Å². The number of benzene rings is 1. The molecule has 7 heteroatoms. The molecule has 2 aromatic rings. The summed E-state index contributed by atoms with van der Waals surface area (Å²) in [5, 5.41) is 3.73. The van der Waals surface area contributed by atoms with Gasteiger partial charge in [-0.1, -0.05) is 6.07 Å². The lowest BCUT2D eigenvalue weighted by molar-refractivity contribution is 0.199. The van der Waals surface area contributed by atoms with Crippen molar-refractivity contribution in [2.24, 2.45) is 0 Å². The molecule has 2 rings (SSSR count). The van der Waals surface area contributed by atoms with Crippen molar-refractivity contribution in [2.45, 2.75) is 11.8 Å². The SMILES string of the molecule is COCCNCCNS(=O)(=O)c1ccc(C)c2ncccc12. The van der Waals surface area contributed by atoms with Crippen molar-refractivity contribution in [1.29, 1.82) is 0 Å². The molecule has 0 saturated heterocycles. The van der Waals surface area contributed by atoms with Gasteiger partial charge >= 0.3 is 0 Å². The lowest BCUT2D eigenvalue weighted by Crippen LogP contribution is -2.33. The first-order valence-corrected chi connectivity index (χ1v) is 8.58. The quantitative estimate of drug-likeness (QED) is 0.710. The number of hydrogen-bond acceptors (Lipinski definition) is 5. The standard InChI is InChI=1S/C15H21N3O3S/c1-12-5-6-14(13-4-3-7-17-15(12)13)22(19,20)18-9-8-16-10-11-21-2/h3-7,16,18H,8-11H2,1-2H3. The van der Waals surface area contributed by atoms with Crippen LogP contribution in [-0.4, -0.2) is 46.8 Å². The highest BCUT2D eigenvalue weighted by atomic mass is 32.2. The summed E-state index contributed by atoms with van der Waals surface area (Å²) in [6.45, 7) is 4.07. The van der Waals surface area contributed by atoms with Crippen molar-refractivity contribution in [2.75, 3.05) is 33.4 Å². The zero-order valence-electron chi connectivity index (χ0n) is 12.8. The number of hydrogen-bond donors (Lipinski definition) is 2. The molecule has 0 aliphatic rings. The molecule has 0 radical (unpaired) electrons. The Balaban J connectivity index is 2.12. The molecule has 0 amide bonds. The van der Waals surface area contributed by atoms with Gasteiger partial charge in [-0.25, -0.2) is 13.1 Å². The third-order valence-electron chi connectivity index (χ3n) is 3.30. The van der Waals surface area contributed by atoms with E-state index in [1.807, 2.05) is 6.92 Å². The number of aromatic nitrogens is 1. The van der Waals surface area contributed by atoms with Crippen LogP contribution >= 0.6 is 0 Å². The van der Waals surface area contributed by atoms with Crippen LogP contribution in [0, 0.1) is 6.92 Å². The van der Waals surface area contributed by atoms with E-state index in [1.54, 1.807) is 37.6 Å². The lowest BCUT2D eigenvalue weighted by Gasteiger charge is -2.11. The fraction of sp³-hybridized carbons (Fsp3) is 0.400. The smallest absolute Gasteiger partial charge is 0.241 e. The van der Waals surface area contributed by atoms with Gasteiger partial charge in [0.1, 0.15) is 0 Å². The predicted octanol–water partition coefficient (Wildman–Crippen LogP) is 1.06. The van der Waals surface area contributed by atoms with Gasteiger partial charge in [-0.15, -0.1) is 0 Å². The molecule has 6 nitrogen and oxygen atoms in total. The molecule has 0 fully saturated rings. The van der Waals surface area contributed by atoms with E-state index in [4.69, 9.17) is 4.74 Å². The lowest BCUT2D eigenvalue weighted by atomic mass is 10.1. The highest BCUT2D eigenvalue weighted by molar-refractivity contribution is 7.89. The topological polar surface area (TPSA) is 80.3 Å². The fourth-order valence-electron chi connectivity index (χ4n) is 2.17. The van der Waals surface area contributed by atoms with Crippen LogP contribution in [0.2, 0.25) is 0 Å². The predicted molar refractivity (Wildman–Crippen MR) is 86.4 cm³/mol. The molecule has 22 heavy (non-hydrogen) atoms. The first kappa shape index (κ1) is 16.8. The van der Waals surface area contributed by atoms with Crippen molar-refractivity contribution < 1.29 is 13.2 Å².